The molecule has 19 heavy (non-hydrogen) atoms. The first kappa shape index (κ1) is 14.0. The van der Waals surface area contributed by atoms with E-state index < -0.39 is 15.2 Å². The lowest BCUT2D eigenvalue weighted by Gasteiger charge is -2.32. The molecule has 2 rings (SSSR count). The van der Waals surface area contributed by atoms with Gasteiger partial charge in [0.15, 0.2) is 9.84 Å². The van der Waals surface area contributed by atoms with E-state index in [0.717, 1.165) is 0 Å². The molecule has 0 radical (unpaired) electrons. The highest BCUT2D eigenvalue weighted by Crippen LogP contribution is 2.21. The second kappa shape index (κ2) is 5.73. The average Bonchev–Trinajstić information content (AvgIpc) is 2.41. The normalized spacial score (nSPS) is 18.9. The zero-order valence-corrected chi connectivity index (χ0v) is 11.5. The Labute approximate surface area is 113 Å². The number of hydrogen-bond donors (Lipinski definition) is 1. The minimum absolute atomic E-state index is 0.262. The van der Waals surface area contributed by atoms with Crippen molar-refractivity contribution in [2.24, 2.45) is 0 Å². The van der Waals surface area contributed by atoms with E-state index in [4.69, 9.17) is 10.5 Å². The number of nitrogens with zero attached hydrogens (tertiary/aromatic N) is 1. The molecule has 5 nitrogen and oxygen atoms in total. The van der Waals surface area contributed by atoms with Crippen LogP contribution in [0.25, 0.3) is 0 Å². The Morgan fingerprint density at radius 2 is 1.84 bits per heavy atom. The first-order valence-electron chi connectivity index (χ1n) is 6.09. The minimum atomic E-state index is -3.47. The van der Waals surface area contributed by atoms with Crippen molar-refractivity contribution in [1.29, 1.82) is 0 Å². The van der Waals surface area contributed by atoms with Crippen LogP contribution in [0.5, 0.6) is 0 Å². The molecule has 1 aliphatic rings. The van der Waals surface area contributed by atoms with Crippen LogP contribution in [0.4, 0.5) is 5.69 Å². The van der Waals surface area contributed by atoms with Crippen LogP contribution in [0.2, 0.25) is 0 Å². The molecule has 1 aromatic carbocycles. The average molecular weight is 282 g/mol. The van der Waals surface area contributed by atoms with E-state index in [9.17, 15) is 8.42 Å². The van der Waals surface area contributed by atoms with Gasteiger partial charge in [0, 0.05) is 18.8 Å². The summed E-state index contributed by atoms with van der Waals surface area (Å²) in [5.41, 5.74) is 6.12. The van der Waals surface area contributed by atoms with E-state index in [0.29, 0.717) is 32.0 Å². The number of sulfone groups is 1. The van der Waals surface area contributed by atoms with Gasteiger partial charge in [-0.1, -0.05) is 6.08 Å². The Morgan fingerprint density at radius 1 is 1.26 bits per heavy atom. The summed E-state index contributed by atoms with van der Waals surface area (Å²) in [7, 11) is -3.47. The van der Waals surface area contributed by atoms with Crippen molar-refractivity contribution >= 4 is 15.5 Å². The molecule has 1 aliphatic heterocycles. The van der Waals surface area contributed by atoms with Crippen LogP contribution in [0.3, 0.4) is 0 Å². The van der Waals surface area contributed by atoms with Crippen molar-refractivity contribution in [3.8, 4) is 0 Å². The summed E-state index contributed by atoms with van der Waals surface area (Å²) >= 11 is 0. The maximum atomic E-state index is 12.6. The SMILES string of the molecule is C=CC(N1CCOCC1)S(=O)(=O)c1ccc(N)cc1. The number of morpholine rings is 1. The molecule has 104 valence electrons. The molecule has 0 amide bonds. The highest BCUT2D eigenvalue weighted by Gasteiger charge is 2.31. The second-order valence-electron chi connectivity index (χ2n) is 4.39. The summed E-state index contributed by atoms with van der Waals surface area (Å²) in [6.45, 7) is 5.92. The van der Waals surface area contributed by atoms with Gasteiger partial charge in [-0.3, -0.25) is 4.90 Å². The summed E-state index contributed by atoms with van der Waals surface area (Å²) < 4.78 is 30.4. The summed E-state index contributed by atoms with van der Waals surface area (Å²) in [6, 6.07) is 6.24. The van der Waals surface area contributed by atoms with Gasteiger partial charge in [-0.25, -0.2) is 8.42 Å². The van der Waals surface area contributed by atoms with Gasteiger partial charge < -0.3 is 10.5 Å². The fraction of sp³-hybridized carbons (Fsp3) is 0.385. The molecule has 1 aromatic rings. The molecule has 1 heterocycles. The van der Waals surface area contributed by atoms with E-state index in [1.54, 1.807) is 12.1 Å². The molecule has 1 saturated heterocycles. The van der Waals surface area contributed by atoms with Gasteiger partial charge in [0.05, 0.1) is 18.1 Å². The molecule has 1 fully saturated rings. The molecular formula is C13H18N2O3S. The van der Waals surface area contributed by atoms with Crippen LogP contribution in [0.15, 0.2) is 41.8 Å². The maximum absolute atomic E-state index is 12.6. The molecule has 0 aliphatic carbocycles. The van der Waals surface area contributed by atoms with Crippen molar-refractivity contribution in [3.63, 3.8) is 0 Å². The highest BCUT2D eigenvalue weighted by molar-refractivity contribution is 7.92. The van der Waals surface area contributed by atoms with Crippen molar-refractivity contribution in [1.82, 2.24) is 4.90 Å². The van der Waals surface area contributed by atoms with E-state index in [-0.39, 0.29) is 4.90 Å². The minimum Gasteiger partial charge on any atom is -0.399 e. The van der Waals surface area contributed by atoms with E-state index in [1.165, 1.54) is 18.2 Å². The number of hydrogen-bond acceptors (Lipinski definition) is 5. The predicted molar refractivity (Wildman–Crippen MR) is 74.4 cm³/mol. The van der Waals surface area contributed by atoms with Gasteiger partial charge in [-0.15, -0.1) is 6.58 Å². The Bertz CT molecular complexity index is 534. The Balaban J connectivity index is 2.30. The zero-order valence-electron chi connectivity index (χ0n) is 10.7. The molecule has 2 N–H and O–H groups in total. The van der Waals surface area contributed by atoms with Gasteiger partial charge in [0.2, 0.25) is 0 Å². The quantitative estimate of drug-likeness (QED) is 0.656. The van der Waals surface area contributed by atoms with Crippen LogP contribution in [0.1, 0.15) is 0 Å². The number of nitrogen functional groups attached to an aromatic ring is 1. The largest absolute Gasteiger partial charge is 0.399 e. The molecule has 1 unspecified atom stereocenters. The monoisotopic (exact) mass is 282 g/mol. The second-order valence-corrected chi connectivity index (χ2v) is 6.43. The number of benzene rings is 1. The van der Waals surface area contributed by atoms with Crippen molar-refractivity contribution in [3.05, 3.63) is 36.9 Å². The Kier molecular flexibility index (Phi) is 4.24. The topological polar surface area (TPSA) is 72.6 Å². The van der Waals surface area contributed by atoms with Gasteiger partial charge in [-0.2, -0.15) is 0 Å². The maximum Gasteiger partial charge on any atom is 0.198 e. The van der Waals surface area contributed by atoms with Gasteiger partial charge in [0.1, 0.15) is 5.37 Å². The van der Waals surface area contributed by atoms with Gasteiger partial charge in [-0.05, 0) is 24.3 Å². The van der Waals surface area contributed by atoms with Crippen LogP contribution in [0, 0.1) is 0 Å². The van der Waals surface area contributed by atoms with Crippen molar-refractivity contribution in [2.45, 2.75) is 10.3 Å². The first-order valence-corrected chi connectivity index (χ1v) is 7.64. The number of rotatable bonds is 4. The van der Waals surface area contributed by atoms with E-state index >= 15 is 0 Å². The molecule has 0 aromatic heterocycles. The lowest BCUT2D eigenvalue weighted by molar-refractivity contribution is 0.0374. The third-order valence-corrected chi connectivity index (χ3v) is 5.19. The van der Waals surface area contributed by atoms with Crippen LogP contribution >= 0.6 is 0 Å². The summed E-state index contributed by atoms with van der Waals surface area (Å²) in [5, 5.41) is -0.722. The van der Waals surface area contributed by atoms with Crippen LogP contribution in [-0.2, 0) is 14.6 Å². The van der Waals surface area contributed by atoms with E-state index in [1.807, 2.05) is 4.90 Å². The summed E-state index contributed by atoms with van der Waals surface area (Å²) in [4.78, 5) is 2.13. The molecule has 1 atom stereocenters. The fourth-order valence-electron chi connectivity index (χ4n) is 2.10. The van der Waals surface area contributed by atoms with E-state index in [2.05, 4.69) is 6.58 Å². The Morgan fingerprint density at radius 3 is 2.37 bits per heavy atom. The summed E-state index contributed by atoms with van der Waals surface area (Å²) in [5.74, 6) is 0. The van der Waals surface area contributed by atoms with Crippen molar-refractivity contribution < 1.29 is 13.2 Å². The first-order chi connectivity index (χ1) is 9.05. The van der Waals surface area contributed by atoms with Crippen molar-refractivity contribution in [2.75, 3.05) is 32.0 Å². The molecule has 0 saturated carbocycles. The third kappa shape index (κ3) is 2.97. The zero-order chi connectivity index (χ0) is 13.9. The van der Waals surface area contributed by atoms with Gasteiger partial charge in [0.25, 0.3) is 0 Å². The molecular weight excluding hydrogens is 264 g/mol. The predicted octanol–water partition coefficient (Wildman–Crippen LogP) is 0.887. The Hall–Kier alpha value is -1.37. The van der Waals surface area contributed by atoms with Crippen LogP contribution < -0.4 is 5.73 Å². The summed E-state index contributed by atoms with van der Waals surface area (Å²) in [6.07, 6.45) is 1.47. The van der Waals surface area contributed by atoms with Crippen LogP contribution in [-0.4, -0.2) is 45.0 Å². The lowest BCUT2D eigenvalue weighted by atomic mass is 10.3. The smallest absolute Gasteiger partial charge is 0.198 e. The van der Waals surface area contributed by atoms with Gasteiger partial charge >= 0.3 is 0 Å². The molecule has 6 heteroatoms. The molecule has 0 bridgehead atoms. The number of nitrogens with two attached hydrogens (primary N) is 1. The fourth-order valence-corrected chi connectivity index (χ4v) is 3.75. The highest BCUT2D eigenvalue weighted by atomic mass is 32.2. The standard InChI is InChI=1S/C13H18N2O3S/c1-2-13(15-7-9-18-10-8-15)19(16,17)12-5-3-11(14)4-6-12/h2-6,13H,1,7-10,14H2. The number of anilines is 1. The molecule has 0 spiro atoms. The number of ether oxygens (including phenoxy) is 1. The lowest BCUT2D eigenvalue weighted by Crippen LogP contribution is -2.46. The third-order valence-electron chi connectivity index (χ3n) is 3.13.